The fourth-order valence-electron chi connectivity index (χ4n) is 2.17. The minimum Gasteiger partial charge on any atom is -0.391 e. The van der Waals surface area contributed by atoms with Gasteiger partial charge in [0.2, 0.25) is 0 Å². The Morgan fingerprint density at radius 3 is 3.00 bits per heavy atom. The number of carbonyl (C=O) groups is 1. The maximum Gasteiger partial charge on any atom is 0.252 e. The van der Waals surface area contributed by atoms with Crippen LogP contribution in [0.2, 0.25) is 0 Å². The van der Waals surface area contributed by atoms with Crippen molar-refractivity contribution in [2.24, 2.45) is 7.05 Å². The Morgan fingerprint density at radius 2 is 2.30 bits per heavy atom. The van der Waals surface area contributed by atoms with Crippen LogP contribution in [-0.2, 0) is 7.05 Å². The smallest absolute Gasteiger partial charge is 0.252 e. The molecular weight excluding hydrogens is 256 g/mol. The summed E-state index contributed by atoms with van der Waals surface area (Å²) in [5, 5.41) is 17.3. The van der Waals surface area contributed by atoms with E-state index in [0.717, 1.165) is 17.5 Å². The normalized spacial score (nSPS) is 12.6. The summed E-state index contributed by atoms with van der Waals surface area (Å²) in [6.45, 7) is 4.10. The molecule has 6 heteroatoms. The lowest BCUT2D eigenvalue weighted by atomic mass is 10.1. The van der Waals surface area contributed by atoms with Crippen molar-refractivity contribution in [1.82, 2.24) is 20.1 Å². The van der Waals surface area contributed by atoms with Gasteiger partial charge in [0, 0.05) is 19.3 Å². The quantitative estimate of drug-likeness (QED) is 0.859. The Labute approximate surface area is 117 Å². The number of nitrogens with one attached hydrogen (secondary N) is 1. The summed E-state index contributed by atoms with van der Waals surface area (Å²) in [7, 11) is 1.79. The average Bonchev–Trinajstić information content (AvgIpc) is 2.77. The molecule has 0 aromatic carbocycles. The van der Waals surface area contributed by atoms with Gasteiger partial charge in [0.1, 0.15) is 0 Å². The average molecular weight is 276 g/mol. The number of aromatic nitrogens is 3. The van der Waals surface area contributed by atoms with Gasteiger partial charge < -0.3 is 10.4 Å². The second-order valence-electron chi connectivity index (χ2n) is 4.97. The van der Waals surface area contributed by atoms with Crippen LogP contribution in [0.15, 0.2) is 12.3 Å². The van der Waals surface area contributed by atoms with Crippen LogP contribution in [0.3, 0.4) is 0 Å². The number of aliphatic hydroxyl groups is 1. The van der Waals surface area contributed by atoms with Gasteiger partial charge in [-0.3, -0.25) is 9.48 Å². The number of nitrogens with zero attached hydrogens (tertiary/aromatic N) is 3. The summed E-state index contributed by atoms with van der Waals surface area (Å²) in [6.07, 6.45) is 2.70. The summed E-state index contributed by atoms with van der Waals surface area (Å²) >= 11 is 0. The highest BCUT2D eigenvalue weighted by atomic mass is 16.3. The molecule has 2 rings (SSSR count). The van der Waals surface area contributed by atoms with Gasteiger partial charge in [-0.15, -0.1) is 0 Å². The van der Waals surface area contributed by atoms with E-state index < -0.39 is 6.10 Å². The Hall–Kier alpha value is -1.95. The first-order valence-electron chi connectivity index (χ1n) is 6.78. The zero-order valence-corrected chi connectivity index (χ0v) is 12.1. The Morgan fingerprint density at radius 1 is 1.55 bits per heavy atom. The molecule has 2 heterocycles. The molecule has 2 aromatic rings. The first-order chi connectivity index (χ1) is 9.52. The van der Waals surface area contributed by atoms with E-state index in [1.165, 1.54) is 0 Å². The Kier molecular flexibility index (Phi) is 4.34. The van der Waals surface area contributed by atoms with Crippen molar-refractivity contribution < 1.29 is 9.90 Å². The number of hydrogen-bond donors (Lipinski definition) is 2. The third-order valence-electron chi connectivity index (χ3n) is 3.20. The van der Waals surface area contributed by atoms with E-state index in [4.69, 9.17) is 0 Å². The maximum atomic E-state index is 12.2. The number of hydrogen-bond acceptors (Lipinski definition) is 4. The van der Waals surface area contributed by atoms with Crippen LogP contribution in [-0.4, -0.2) is 38.4 Å². The van der Waals surface area contributed by atoms with E-state index in [9.17, 15) is 9.90 Å². The number of aliphatic hydroxyl groups excluding tert-OH is 1. The molecule has 0 bridgehead atoms. The third-order valence-corrected chi connectivity index (χ3v) is 3.20. The van der Waals surface area contributed by atoms with Gasteiger partial charge in [-0.1, -0.05) is 13.3 Å². The number of pyridine rings is 1. The third kappa shape index (κ3) is 2.96. The van der Waals surface area contributed by atoms with Crippen molar-refractivity contribution in [2.75, 3.05) is 6.54 Å². The largest absolute Gasteiger partial charge is 0.391 e. The van der Waals surface area contributed by atoms with E-state index in [-0.39, 0.29) is 12.5 Å². The van der Waals surface area contributed by atoms with Crippen LogP contribution < -0.4 is 5.32 Å². The lowest BCUT2D eigenvalue weighted by Gasteiger charge is -2.11. The number of fused-ring (bicyclic) bond motifs is 1. The van der Waals surface area contributed by atoms with Crippen molar-refractivity contribution >= 4 is 16.9 Å². The molecule has 20 heavy (non-hydrogen) atoms. The summed E-state index contributed by atoms with van der Waals surface area (Å²) in [6, 6.07) is 1.74. The molecule has 1 unspecified atom stereocenters. The summed E-state index contributed by atoms with van der Waals surface area (Å²) < 4.78 is 1.64. The Bertz CT molecular complexity index is 621. The van der Waals surface area contributed by atoms with Crippen molar-refractivity contribution in [3.63, 3.8) is 0 Å². The van der Waals surface area contributed by atoms with Crippen molar-refractivity contribution in [1.29, 1.82) is 0 Å². The monoisotopic (exact) mass is 276 g/mol. The molecule has 0 aliphatic heterocycles. The van der Waals surface area contributed by atoms with Gasteiger partial charge in [0.15, 0.2) is 5.65 Å². The molecule has 108 valence electrons. The summed E-state index contributed by atoms with van der Waals surface area (Å²) in [5.74, 6) is -0.205. The van der Waals surface area contributed by atoms with Gasteiger partial charge >= 0.3 is 0 Å². The van der Waals surface area contributed by atoms with E-state index in [2.05, 4.69) is 15.4 Å². The highest BCUT2D eigenvalue weighted by Crippen LogP contribution is 2.17. The van der Waals surface area contributed by atoms with E-state index in [1.54, 1.807) is 24.0 Å². The van der Waals surface area contributed by atoms with Gasteiger partial charge in [0.05, 0.1) is 23.3 Å². The highest BCUT2D eigenvalue weighted by Gasteiger charge is 2.15. The highest BCUT2D eigenvalue weighted by molar-refractivity contribution is 6.05. The van der Waals surface area contributed by atoms with Gasteiger partial charge in [-0.2, -0.15) is 5.10 Å². The van der Waals surface area contributed by atoms with Crippen molar-refractivity contribution in [3.8, 4) is 0 Å². The molecule has 0 spiro atoms. The number of aryl methyl sites for hydroxylation is 2. The first-order valence-corrected chi connectivity index (χ1v) is 6.78. The lowest BCUT2D eigenvalue weighted by molar-refractivity contribution is 0.0911. The zero-order valence-electron chi connectivity index (χ0n) is 12.1. The fraction of sp³-hybridized carbons (Fsp3) is 0.500. The molecule has 6 nitrogen and oxygen atoms in total. The van der Waals surface area contributed by atoms with Crippen LogP contribution in [0.25, 0.3) is 11.0 Å². The molecule has 0 aliphatic rings. The van der Waals surface area contributed by atoms with Crippen LogP contribution in [0.1, 0.15) is 35.8 Å². The minimum absolute atomic E-state index is 0.205. The molecule has 0 saturated heterocycles. The van der Waals surface area contributed by atoms with Gasteiger partial charge in [0.25, 0.3) is 5.91 Å². The maximum absolute atomic E-state index is 12.2. The van der Waals surface area contributed by atoms with Crippen molar-refractivity contribution in [3.05, 3.63) is 23.5 Å². The van der Waals surface area contributed by atoms with E-state index >= 15 is 0 Å². The molecule has 0 radical (unpaired) electrons. The van der Waals surface area contributed by atoms with Gasteiger partial charge in [-0.05, 0) is 19.4 Å². The molecule has 0 saturated carbocycles. The van der Waals surface area contributed by atoms with Crippen molar-refractivity contribution in [2.45, 2.75) is 32.8 Å². The molecule has 2 N–H and O–H groups in total. The molecule has 0 aliphatic carbocycles. The predicted octanol–water partition coefficient (Wildman–Crippen LogP) is 1.17. The van der Waals surface area contributed by atoms with E-state index in [0.29, 0.717) is 17.6 Å². The predicted molar refractivity (Wildman–Crippen MR) is 76.5 cm³/mol. The summed E-state index contributed by atoms with van der Waals surface area (Å²) in [5.41, 5.74) is 1.99. The number of carbonyl (C=O) groups excluding carboxylic acids is 1. The second-order valence-corrected chi connectivity index (χ2v) is 4.97. The van der Waals surface area contributed by atoms with E-state index in [1.807, 2.05) is 13.8 Å². The van der Waals surface area contributed by atoms with Crippen LogP contribution in [0.5, 0.6) is 0 Å². The minimum atomic E-state index is -0.503. The molecule has 1 amide bonds. The van der Waals surface area contributed by atoms with Gasteiger partial charge in [-0.25, -0.2) is 4.98 Å². The van der Waals surface area contributed by atoms with Crippen LogP contribution in [0.4, 0.5) is 0 Å². The zero-order chi connectivity index (χ0) is 14.7. The first kappa shape index (κ1) is 14.5. The molecule has 2 aromatic heterocycles. The van der Waals surface area contributed by atoms with Crippen LogP contribution >= 0.6 is 0 Å². The SMILES string of the molecule is CCCC(O)CNC(=O)c1cc(C)nc2c1cnn2C. The topological polar surface area (TPSA) is 80.0 Å². The fourth-order valence-corrected chi connectivity index (χ4v) is 2.17. The number of amides is 1. The van der Waals surface area contributed by atoms with Crippen LogP contribution in [0, 0.1) is 6.92 Å². The Balaban J connectivity index is 2.21. The molecular formula is C14H20N4O2. The molecule has 1 atom stereocenters. The number of rotatable bonds is 5. The summed E-state index contributed by atoms with van der Waals surface area (Å²) in [4.78, 5) is 16.6. The lowest BCUT2D eigenvalue weighted by Crippen LogP contribution is -2.32. The standard InChI is InChI=1S/C14H20N4O2/c1-4-5-10(19)7-15-14(20)11-6-9(2)17-13-12(11)8-16-18(13)3/h6,8,10,19H,4-5,7H2,1-3H3,(H,15,20). The second kappa shape index (κ2) is 6.00. The molecule has 0 fully saturated rings.